The normalized spacial score (nSPS) is 9.59. The molecule has 92 valence electrons. The zero-order chi connectivity index (χ0) is 12.7. The predicted molar refractivity (Wildman–Crippen MR) is 59.4 cm³/mol. The quantitative estimate of drug-likeness (QED) is 0.536. The van der Waals surface area contributed by atoms with Crippen LogP contribution < -0.4 is 9.39 Å². The lowest BCUT2D eigenvalue weighted by Gasteiger charge is -2.07. The van der Waals surface area contributed by atoms with Gasteiger partial charge >= 0.3 is 13.3 Å². The lowest BCUT2D eigenvalue weighted by Crippen LogP contribution is -2.20. The second kappa shape index (κ2) is 6.77. The van der Waals surface area contributed by atoms with Crippen molar-refractivity contribution < 1.29 is 29.0 Å². The summed E-state index contributed by atoms with van der Waals surface area (Å²) in [6.45, 7) is 1.85. The lowest BCUT2D eigenvalue weighted by molar-refractivity contribution is -0.145. The SMILES string of the molecule is CCOC(=O)COc1ccc(OB(O)O)cc1. The monoisotopic (exact) mass is 240 g/mol. The molecule has 7 heteroatoms. The fraction of sp³-hybridized carbons (Fsp3) is 0.300. The molecule has 0 bridgehead atoms. The molecular weight excluding hydrogens is 227 g/mol. The lowest BCUT2D eigenvalue weighted by atomic mass is 10.2. The number of carbonyl (C=O) groups is 1. The Hall–Kier alpha value is -1.73. The summed E-state index contributed by atoms with van der Waals surface area (Å²) >= 11 is 0. The molecule has 0 aliphatic heterocycles. The Morgan fingerprint density at radius 1 is 1.24 bits per heavy atom. The predicted octanol–water partition coefficient (Wildman–Crippen LogP) is -0.0232. The van der Waals surface area contributed by atoms with E-state index >= 15 is 0 Å². The van der Waals surface area contributed by atoms with Crippen LogP contribution in [0.1, 0.15) is 6.92 Å². The molecule has 1 rings (SSSR count). The van der Waals surface area contributed by atoms with Gasteiger partial charge in [0.1, 0.15) is 11.5 Å². The van der Waals surface area contributed by atoms with Gasteiger partial charge in [-0.15, -0.1) is 0 Å². The van der Waals surface area contributed by atoms with Gasteiger partial charge in [0, 0.05) is 0 Å². The third-order valence-corrected chi connectivity index (χ3v) is 1.73. The van der Waals surface area contributed by atoms with E-state index in [2.05, 4.69) is 9.39 Å². The molecule has 0 amide bonds. The number of hydrogen-bond donors (Lipinski definition) is 2. The van der Waals surface area contributed by atoms with Crippen molar-refractivity contribution in [2.45, 2.75) is 6.92 Å². The maximum atomic E-state index is 11.0. The van der Waals surface area contributed by atoms with E-state index in [1.165, 1.54) is 24.3 Å². The summed E-state index contributed by atoms with van der Waals surface area (Å²) < 4.78 is 14.4. The van der Waals surface area contributed by atoms with Gasteiger partial charge < -0.3 is 24.2 Å². The van der Waals surface area contributed by atoms with Crippen LogP contribution >= 0.6 is 0 Å². The van der Waals surface area contributed by atoms with Crippen LogP contribution in [0.5, 0.6) is 11.5 Å². The van der Waals surface area contributed by atoms with Crippen LogP contribution in [0.2, 0.25) is 0 Å². The molecule has 17 heavy (non-hydrogen) atoms. The van der Waals surface area contributed by atoms with Crippen LogP contribution in [0.4, 0.5) is 0 Å². The van der Waals surface area contributed by atoms with Crippen LogP contribution in [-0.2, 0) is 9.53 Å². The molecule has 1 aromatic rings. The molecule has 0 atom stereocenters. The Morgan fingerprint density at radius 3 is 2.35 bits per heavy atom. The van der Waals surface area contributed by atoms with Crippen molar-refractivity contribution in [1.82, 2.24) is 0 Å². The first kappa shape index (κ1) is 13.3. The minimum atomic E-state index is -1.86. The molecule has 0 aliphatic rings. The topological polar surface area (TPSA) is 85.2 Å². The first-order valence-corrected chi connectivity index (χ1v) is 5.03. The highest BCUT2D eigenvalue weighted by molar-refractivity contribution is 6.33. The van der Waals surface area contributed by atoms with E-state index in [9.17, 15) is 4.79 Å². The van der Waals surface area contributed by atoms with Crippen LogP contribution in [0.25, 0.3) is 0 Å². The smallest absolute Gasteiger partial charge is 0.512 e. The number of benzene rings is 1. The van der Waals surface area contributed by atoms with Crippen LogP contribution in [0, 0.1) is 0 Å². The summed E-state index contributed by atoms with van der Waals surface area (Å²) in [4.78, 5) is 11.0. The molecule has 0 radical (unpaired) electrons. The van der Waals surface area contributed by atoms with Crippen molar-refractivity contribution in [2.75, 3.05) is 13.2 Å². The van der Waals surface area contributed by atoms with E-state index in [0.29, 0.717) is 12.4 Å². The molecule has 0 aliphatic carbocycles. The largest absolute Gasteiger partial charge is 0.707 e. The maximum Gasteiger partial charge on any atom is 0.707 e. The Kier molecular flexibility index (Phi) is 5.31. The van der Waals surface area contributed by atoms with E-state index in [0.717, 1.165) is 0 Å². The van der Waals surface area contributed by atoms with Crippen LogP contribution in [0.15, 0.2) is 24.3 Å². The van der Waals surface area contributed by atoms with E-state index in [-0.39, 0.29) is 12.4 Å². The fourth-order valence-corrected chi connectivity index (χ4v) is 1.08. The molecule has 0 unspecified atom stereocenters. The summed E-state index contributed by atoms with van der Waals surface area (Å²) in [6, 6.07) is 6.05. The Balaban J connectivity index is 2.42. The maximum absolute atomic E-state index is 11.0. The molecule has 0 saturated heterocycles. The van der Waals surface area contributed by atoms with Gasteiger partial charge in [-0.3, -0.25) is 0 Å². The number of ether oxygens (including phenoxy) is 2. The van der Waals surface area contributed by atoms with Crippen molar-refractivity contribution in [2.24, 2.45) is 0 Å². The molecular formula is C10H13BO6. The average Bonchev–Trinajstić information content (AvgIpc) is 2.28. The molecule has 0 saturated carbocycles. The second-order valence-electron chi connectivity index (χ2n) is 3.01. The number of esters is 1. The summed E-state index contributed by atoms with van der Waals surface area (Å²) in [5, 5.41) is 17.1. The standard InChI is InChI=1S/C10H13BO6/c1-2-15-10(12)7-16-8-3-5-9(6-4-8)17-11(13)14/h3-6,13-14H,2,7H2,1H3. The summed E-state index contributed by atoms with van der Waals surface area (Å²) in [5.41, 5.74) is 0. The molecule has 0 spiro atoms. The first-order chi connectivity index (χ1) is 8.11. The number of rotatable bonds is 6. The molecule has 0 aromatic heterocycles. The van der Waals surface area contributed by atoms with Gasteiger partial charge in [-0.25, -0.2) is 4.79 Å². The average molecular weight is 240 g/mol. The highest BCUT2D eigenvalue weighted by Crippen LogP contribution is 2.17. The zero-order valence-corrected chi connectivity index (χ0v) is 9.33. The third kappa shape index (κ3) is 5.23. The van der Waals surface area contributed by atoms with Gasteiger partial charge in [-0.1, -0.05) is 0 Å². The van der Waals surface area contributed by atoms with Gasteiger partial charge in [0.2, 0.25) is 0 Å². The molecule has 0 heterocycles. The molecule has 0 fully saturated rings. The molecule has 2 N–H and O–H groups in total. The fourth-order valence-electron chi connectivity index (χ4n) is 1.08. The van der Waals surface area contributed by atoms with Gasteiger partial charge in [-0.2, -0.15) is 0 Å². The van der Waals surface area contributed by atoms with Gasteiger partial charge in [0.25, 0.3) is 0 Å². The van der Waals surface area contributed by atoms with E-state index < -0.39 is 13.3 Å². The minimum Gasteiger partial charge on any atom is -0.512 e. The third-order valence-electron chi connectivity index (χ3n) is 1.73. The second-order valence-corrected chi connectivity index (χ2v) is 3.01. The van der Waals surface area contributed by atoms with Gasteiger partial charge in [0.05, 0.1) is 6.61 Å². The summed E-state index contributed by atoms with van der Waals surface area (Å²) in [5.74, 6) is 0.292. The van der Waals surface area contributed by atoms with Gasteiger partial charge in [0.15, 0.2) is 6.61 Å². The Labute approximate surface area is 98.9 Å². The van der Waals surface area contributed by atoms with E-state index in [4.69, 9.17) is 14.8 Å². The van der Waals surface area contributed by atoms with Gasteiger partial charge in [-0.05, 0) is 31.2 Å². The highest BCUT2D eigenvalue weighted by Gasteiger charge is 2.10. The van der Waals surface area contributed by atoms with Crippen molar-refractivity contribution in [3.05, 3.63) is 24.3 Å². The van der Waals surface area contributed by atoms with Crippen LogP contribution in [-0.4, -0.2) is 36.6 Å². The van der Waals surface area contributed by atoms with Crippen LogP contribution in [0.3, 0.4) is 0 Å². The van der Waals surface area contributed by atoms with Crippen molar-refractivity contribution in [1.29, 1.82) is 0 Å². The van der Waals surface area contributed by atoms with Crippen molar-refractivity contribution >= 4 is 13.3 Å². The number of hydrogen-bond acceptors (Lipinski definition) is 6. The highest BCUT2D eigenvalue weighted by atomic mass is 16.6. The van der Waals surface area contributed by atoms with Crippen molar-refractivity contribution in [3.63, 3.8) is 0 Å². The van der Waals surface area contributed by atoms with Crippen molar-refractivity contribution in [3.8, 4) is 11.5 Å². The van der Waals surface area contributed by atoms with E-state index in [1.54, 1.807) is 6.92 Å². The summed E-state index contributed by atoms with van der Waals surface area (Å²) in [7, 11) is -1.86. The summed E-state index contributed by atoms with van der Waals surface area (Å²) in [6.07, 6.45) is 0. The first-order valence-electron chi connectivity index (χ1n) is 5.03. The Morgan fingerprint density at radius 2 is 1.82 bits per heavy atom. The minimum absolute atomic E-state index is 0.170. The molecule has 1 aromatic carbocycles. The zero-order valence-electron chi connectivity index (χ0n) is 9.33. The number of carbonyl (C=O) groups excluding carboxylic acids is 1. The Bertz CT molecular complexity index is 350. The van der Waals surface area contributed by atoms with E-state index in [1.807, 2.05) is 0 Å². The molecule has 6 nitrogen and oxygen atoms in total.